The van der Waals surface area contributed by atoms with Crippen molar-refractivity contribution < 1.29 is 9.26 Å². The van der Waals surface area contributed by atoms with E-state index < -0.39 is 0 Å². The van der Waals surface area contributed by atoms with Crippen LogP contribution in [0.25, 0.3) is 11.3 Å². The third-order valence-electron chi connectivity index (χ3n) is 2.98. The lowest BCUT2D eigenvalue weighted by Crippen LogP contribution is -2.04. The van der Waals surface area contributed by atoms with Crippen LogP contribution in [0.4, 0.5) is 0 Å². The molecule has 96 valence electrons. The first-order chi connectivity index (χ1) is 8.67. The van der Waals surface area contributed by atoms with Crippen molar-refractivity contribution in [3.05, 3.63) is 35.0 Å². The summed E-state index contributed by atoms with van der Waals surface area (Å²) in [5.74, 6) is 1.55. The van der Waals surface area contributed by atoms with Crippen molar-refractivity contribution in [1.29, 1.82) is 0 Å². The molecule has 2 aromatic rings. The summed E-state index contributed by atoms with van der Waals surface area (Å²) in [5.41, 5.74) is 9.66. The Balaban J connectivity index is 2.57. The maximum absolute atomic E-state index is 5.64. The van der Waals surface area contributed by atoms with E-state index in [-0.39, 0.29) is 0 Å². The second kappa shape index (κ2) is 5.23. The Bertz CT molecular complexity index is 547. The van der Waals surface area contributed by atoms with Gasteiger partial charge in [-0.15, -0.1) is 0 Å². The number of nitrogens with two attached hydrogens (primary N) is 1. The number of hydrogen-bond donors (Lipinski definition) is 1. The van der Waals surface area contributed by atoms with Crippen molar-refractivity contribution in [2.75, 3.05) is 13.7 Å². The zero-order chi connectivity index (χ0) is 13.1. The van der Waals surface area contributed by atoms with E-state index in [1.807, 2.05) is 32.0 Å². The summed E-state index contributed by atoms with van der Waals surface area (Å²) in [7, 11) is 1.65. The molecule has 0 unspecified atom stereocenters. The van der Waals surface area contributed by atoms with Crippen molar-refractivity contribution in [3.8, 4) is 17.1 Å². The lowest BCUT2D eigenvalue weighted by molar-refractivity contribution is 0.404. The normalized spacial score (nSPS) is 10.7. The predicted octanol–water partition coefficient (Wildman–Crippen LogP) is 2.47. The Morgan fingerprint density at radius 2 is 2.11 bits per heavy atom. The molecular formula is C14H18N2O2. The maximum atomic E-state index is 5.64. The van der Waals surface area contributed by atoms with Crippen LogP contribution in [0.2, 0.25) is 0 Å². The fourth-order valence-corrected chi connectivity index (χ4v) is 2.04. The Morgan fingerprint density at radius 1 is 1.33 bits per heavy atom. The van der Waals surface area contributed by atoms with Crippen LogP contribution in [0.3, 0.4) is 0 Å². The van der Waals surface area contributed by atoms with Gasteiger partial charge in [-0.3, -0.25) is 0 Å². The first kappa shape index (κ1) is 12.6. The van der Waals surface area contributed by atoms with Crippen LogP contribution in [-0.2, 0) is 6.42 Å². The number of nitrogens with zero attached hydrogens (tertiary/aromatic N) is 1. The molecule has 0 aliphatic carbocycles. The molecule has 1 heterocycles. The first-order valence-electron chi connectivity index (χ1n) is 5.97. The SMILES string of the molecule is COc1ccc(C)cc1-c1onc(C)c1CCN. The van der Waals surface area contributed by atoms with Crippen molar-refractivity contribution >= 4 is 0 Å². The van der Waals surface area contributed by atoms with Gasteiger partial charge >= 0.3 is 0 Å². The van der Waals surface area contributed by atoms with Gasteiger partial charge in [-0.2, -0.15) is 0 Å². The Labute approximate surface area is 107 Å². The predicted molar refractivity (Wildman–Crippen MR) is 70.7 cm³/mol. The number of ether oxygens (including phenoxy) is 1. The largest absolute Gasteiger partial charge is 0.496 e. The fraction of sp³-hybridized carbons (Fsp3) is 0.357. The molecular weight excluding hydrogens is 228 g/mol. The molecule has 0 spiro atoms. The fourth-order valence-electron chi connectivity index (χ4n) is 2.04. The summed E-state index contributed by atoms with van der Waals surface area (Å²) >= 11 is 0. The quantitative estimate of drug-likeness (QED) is 0.900. The van der Waals surface area contributed by atoms with Gasteiger partial charge in [0.25, 0.3) is 0 Å². The summed E-state index contributed by atoms with van der Waals surface area (Å²) < 4.78 is 10.8. The molecule has 0 fully saturated rings. The van der Waals surface area contributed by atoms with Gasteiger partial charge in [0.05, 0.1) is 18.4 Å². The number of rotatable bonds is 4. The number of hydrogen-bond acceptors (Lipinski definition) is 4. The van der Waals surface area contributed by atoms with Crippen LogP contribution in [0, 0.1) is 13.8 Å². The van der Waals surface area contributed by atoms with E-state index in [4.69, 9.17) is 15.0 Å². The number of aromatic nitrogens is 1. The van der Waals surface area contributed by atoms with Gasteiger partial charge in [0, 0.05) is 5.56 Å². The molecule has 2 rings (SSSR count). The average molecular weight is 246 g/mol. The van der Waals surface area contributed by atoms with Crippen molar-refractivity contribution in [3.63, 3.8) is 0 Å². The van der Waals surface area contributed by atoms with Crippen molar-refractivity contribution in [2.45, 2.75) is 20.3 Å². The molecule has 1 aromatic heterocycles. The van der Waals surface area contributed by atoms with E-state index in [2.05, 4.69) is 5.16 Å². The van der Waals surface area contributed by atoms with Gasteiger partial charge in [0.15, 0.2) is 5.76 Å². The van der Waals surface area contributed by atoms with Crippen LogP contribution < -0.4 is 10.5 Å². The zero-order valence-corrected chi connectivity index (χ0v) is 11.0. The summed E-state index contributed by atoms with van der Waals surface area (Å²) in [6.45, 7) is 4.54. The second-order valence-electron chi connectivity index (χ2n) is 4.32. The van der Waals surface area contributed by atoms with Crippen molar-refractivity contribution in [2.24, 2.45) is 5.73 Å². The van der Waals surface area contributed by atoms with E-state index in [1.165, 1.54) is 0 Å². The van der Waals surface area contributed by atoms with Gasteiger partial charge in [-0.25, -0.2) is 0 Å². The molecule has 4 heteroatoms. The highest BCUT2D eigenvalue weighted by Crippen LogP contribution is 2.34. The van der Waals surface area contributed by atoms with Gasteiger partial charge in [0.2, 0.25) is 0 Å². The summed E-state index contributed by atoms with van der Waals surface area (Å²) in [6.07, 6.45) is 0.752. The second-order valence-corrected chi connectivity index (χ2v) is 4.32. The molecule has 0 aliphatic rings. The van der Waals surface area contributed by atoms with Gasteiger partial charge in [0.1, 0.15) is 5.75 Å². The maximum Gasteiger partial charge on any atom is 0.174 e. The molecule has 4 nitrogen and oxygen atoms in total. The first-order valence-corrected chi connectivity index (χ1v) is 5.97. The van der Waals surface area contributed by atoms with Crippen LogP contribution in [0.15, 0.2) is 22.7 Å². The van der Waals surface area contributed by atoms with Gasteiger partial charge in [-0.05, 0) is 38.9 Å². The number of aryl methyl sites for hydroxylation is 2. The van der Waals surface area contributed by atoms with Crippen LogP contribution >= 0.6 is 0 Å². The molecule has 0 radical (unpaired) electrons. The van der Waals surface area contributed by atoms with Crippen LogP contribution in [0.1, 0.15) is 16.8 Å². The molecule has 0 amide bonds. The minimum Gasteiger partial charge on any atom is -0.496 e. The van der Waals surface area contributed by atoms with Crippen LogP contribution in [-0.4, -0.2) is 18.8 Å². The van der Waals surface area contributed by atoms with E-state index in [9.17, 15) is 0 Å². The Kier molecular flexibility index (Phi) is 3.67. The third-order valence-corrected chi connectivity index (χ3v) is 2.98. The third kappa shape index (κ3) is 2.24. The molecule has 1 aromatic carbocycles. The number of methoxy groups -OCH3 is 1. The van der Waals surface area contributed by atoms with Gasteiger partial charge in [-0.1, -0.05) is 16.8 Å². The highest BCUT2D eigenvalue weighted by Gasteiger charge is 2.17. The smallest absolute Gasteiger partial charge is 0.174 e. The Hall–Kier alpha value is -1.81. The van der Waals surface area contributed by atoms with E-state index in [0.717, 1.165) is 40.3 Å². The minimum atomic E-state index is 0.573. The summed E-state index contributed by atoms with van der Waals surface area (Å²) in [4.78, 5) is 0. The topological polar surface area (TPSA) is 61.3 Å². The number of benzene rings is 1. The zero-order valence-electron chi connectivity index (χ0n) is 11.0. The highest BCUT2D eigenvalue weighted by molar-refractivity contribution is 5.70. The molecule has 0 saturated carbocycles. The molecule has 18 heavy (non-hydrogen) atoms. The van der Waals surface area contributed by atoms with Crippen LogP contribution in [0.5, 0.6) is 5.75 Å². The van der Waals surface area contributed by atoms with E-state index in [0.29, 0.717) is 6.54 Å². The molecule has 0 atom stereocenters. The lowest BCUT2D eigenvalue weighted by Gasteiger charge is -2.08. The summed E-state index contributed by atoms with van der Waals surface area (Å²) in [6, 6.07) is 5.99. The summed E-state index contributed by atoms with van der Waals surface area (Å²) in [5, 5.41) is 4.03. The molecule has 0 aliphatic heterocycles. The molecule has 0 saturated heterocycles. The Morgan fingerprint density at radius 3 is 2.78 bits per heavy atom. The van der Waals surface area contributed by atoms with E-state index in [1.54, 1.807) is 7.11 Å². The highest BCUT2D eigenvalue weighted by atomic mass is 16.5. The van der Waals surface area contributed by atoms with Crippen molar-refractivity contribution in [1.82, 2.24) is 5.16 Å². The lowest BCUT2D eigenvalue weighted by atomic mass is 10.0. The minimum absolute atomic E-state index is 0.573. The standard InChI is InChI=1S/C14H18N2O2/c1-9-4-5-13(17-3)12(8-9)14-11(6-7-15)10(2)16-18-14/h4-5,8H,6-7,15H2,1-3H3. The van der Waals surface area contributed by atoms with Gasteiger partial charge < -0.3 is 15.0 Å². The monoisotopic (exact) mass is 246 g/mol. The van der Waals surface area contributed by atoms with E-state index >= 15 is 0 Å². The molecule has 0 bridgehead atoms. The average Bonchev–Trinajstić information content (AvgIpc) is 2.72. The molecule has 2 N–H and O–H groups in total.